The van der Waals surface area contributed by atoms with Crippen molar-refractivity contribution in [2.45, 2.75) is 26.3 Å². The zero-order chi connectivity index (χ0) is 15.6. The molecule has 0 bridgehead atoms. The quantitative estimate of drug-likeness (QED) is 0.891. The number of carboxylic acids is 1. The maximum Gasteiger partial charge on any atom is 0.305 e. The van der Waals surface area contributed by atoms with Gasteiger partial charge in [-0.3, -0.25) is 9.59 Å². The van der Waals surface area contributed by atoms with Crippen LogP contribution in [0.25, 0.3) is 10.1 Å². The number of amides is 1. The highest BCUT2D eigenvalue weighted by molar-refractivity contribution is 7.20. The van der Waals surface area contributed by atoms with Gasteiger partial charge in [-0.1, -0.05) is 13.8 Å². The van der Waals surface area contributed by atoms with E-state index in [-0.39, 0.29) is 24.1 Å². The van der Waals surface area contributed by atoms with Gasteiger partial charge in [0, 0.05) is 10.7 Å². The van der Waals surface area contributed by atoms with Crippen molar-refractivity contribution in [3.8, 4) is 0 Å². The number of aliphatic carboxylic acids is 1. The Morgan fingerprint density at radius 2 is 2.05 bits per heavy atom. The number of thiophene rings is 1. The smallest absolute Gasteiger partial charge is 0.305 e. The number of carboxylic acid groups (broad SMARTS) is 1. The van der Waals surface area contributed by atoms with E-state index in [1.165, 1.54) is 23.5 Å². The van der Waals surface area contributed by atoms with Gasteiger partial charge < -0.3 is 10.4 Å². The lowest BCUT2D eigenvalue weighted by Crippen LogP contribution is -2.39. The summed E-state index contributed by atoms with van der Waals surface area (Å²) in [6.45, 7) is 3.71. The van der Waals surface area contributed by atoms with Crippen molar-refractivity contribution in [1.29, 1.82) is 0 Å². The zero-order valence-electron chi connectivity index (χ0n) is 11.7. The molecular weight excluding hydrogens is 293 g/mol. The monoisotopic (exact) mass is 309 g/mol. The van der Waals surface area contributed by atoms with Crippen LogP contribution in [0.2, 0.25) is 0 Å². The third-order valence-corrected chi connectivity index (χ3v) is 4.33. The second-order valence-corrected chi connectivity index (χ2v) is 6.30. The molecule has 0 saturated carbocycles. The Morgan fingerprint density at radius 1 is 1.33 bits per heavy atom. The number of hydrogen-bond donors (Lipinski definition) is 2. The van der Waals surface area contributed by atoms with Crippen molar-refractivity contribution >= 4 is 33.3 Å². The first-order valence-corrected chi connectivity index (χ1v) is 7.40. The van der Waals surface area contributed by atoms with Crippen LogP contribution in [-0.2, 0) is 4.79 Å². The van der Waals surface area contributed by atoms with Crippen LogP contribution in [0.4, 0.5) is 4.39 Å². The zero-order valence-corrected chi connectivity index (χ0v) is 12.5. The molecule has 2 aromatic rings. The fraction of sp³-hybridized carbons (Fsp3) is 0.333. The molecule has 21 heavy (non-hydrogen) atoms. The molecule has 0 spiro atoms. The van der Waals surface area contributed by atoms with Gasteiger partial charge in [0.25, 0.3) is 5.91 Å². The molecule has 0 fully saturated rings. The van der Waals surface area contributed by atoms with E-state index in [1.807, 2.05) is 13.8 Å². The lowest BCUT2D eigenvalue weighted by molar-refractivity contribution is -0.137. The van der Waals surface area contributed by atoms with Gasteiger partial charge in [0.05, 0.1) is 11.3 Å². The largest absolute Gasteiger partial charge is 0.481 e. The van der Waals surface area contributed by atoms with Gasteiger partial charge in [0.2, 0.25) is 0 Å². The van der Waals surface area contributed by atoms with E-state index in [0.717, 1.165) is 4.70 Å². The molecule has 1 unspecified atom stereocenters. The summed E-state index contributed by atoms with van der Waals surface area (Å²) in [4.78, 5) is 23.5. The summed E-state index contributed by atoms with van der Waals surface area (Å²) in [7, 11) is 0. The van der Waals surface area contributed by atoms with E-state index in [2.05, 4.69) is 5.32 Å². The molecule has 2 N–H and O–H groups in total. The van der Waals surface area contributed by atoms with Gasteiger partial charge in [-0.2, -0.15) is 0 Å². The van der Waals surface area contributed by atoms with E-state index in [1.54, 1.807) is 12.1 Å². The van der Waals surface area contributed by atoms with Crippen molar-refractivity contribution in [3.63, 3.8) is 0 Å². The highest BCUT2D eigenvalue weighted by Crippen LogP contribution is 2.26. The van der Waals surface area contributed by atoms with Crippen LogP contribution < -0.4 is 5.32 Å². The first kappa shape index (κ1) is 15.4. The van der Waals surface area contributed by atoms with E-state index in [4.69, 9.17) is 5.11 Å². The third-order valence-electron chi connectivity index (χ3n) is 3.22. The Bertz CT molecular complexity index is 681. The third kappa shape index (κ3) is 3.78. The molecule has 0 aliphatic heterocycles. The minimum Gasteiger partial charge on any atom is -0.481 e. The predicted molar refractivity (Wildman–Crippen MR) is 80.1 cm³/mol. The average molecular weight is 309 g/mol. The lowest BCUT2D eigenvalue weighted by Gasteiger charge is -2.20. The van der Waals surface area contributed by atoms with Crippen LogP contribution in [0.15, 0.2) is 24.3 Å². The van der Waals surface area contributed by atoms with Crippen LogP contribution in [0.5, 0.6) is 0 Å². The Balaban J connectivity index is 2.19. The number of hydrogen-bond acceptors (Lipinski definition) is 3. The Labute approximate surface area is 125 Å². The molecule has 1 amide bonds. The SMILES string of the molecule is CC(C)C(CC(=O)O)NC(=O)c1cc2cc(F)ccc2s1. The highest BCUT2D eigenvalue weighted by Gasteiger charge is 2.21. The second-order valence-electron chi connectivity index (χ2n) is 5.21. The minimum atomic E-state index is -0.951. The topological polar surface area (TPSA) is 66.4 Å². The van der Waals surface area contributed by atoms with Gasteiger partial charge >= 0.3 is 5.97 Å². The Morgan fingerprint density at radius 3 is 2.67 bits per heavy atom. The van der Waals surface area contributed by atoms with E-state index in [9.17, 15) is 14.0 Å². The first-order chi connectivity index (χ1) is 9.86. The summed E-state index contributed by atoms with van der Waals surface area (Å²) in [6, 6.07) is 5.54. The number of carbonyl (C=O) groups is 2. The molecule has 1 atom stereocenters. The number of benzene rings is 1. The Kier molecular flexibility index (Phi) is 4.57. The van der Waals surface area contributed by atoms with Gasteiger partial charge in [-0.25, -0.2) is 4.39 Å². The molecule has 1 aromatic heterocycles. The maximum absolute atomic E-state index is 13.1. The van der Waals surface area contributed by atoms with Crippen LogP contribution >= 0.6 is 11.3 Å². The summed E-state index contributed by atoms with van der Waals surface area (Å²) < 4.78 is 14.0. The van der Waals surface area contributed by atoms with Crippen molar-refractivity contribution in [3.05, 3.63) is 35.0 Å². The summed E-state index contributed by atoms with van der Waals surface area (Å²) >= 11 is 1.26. The van der Waals surface area contributed by atoms with Crippen molar-refractivity contribution in [2.24, 2.45) is 5.92 Å². The van der Waals surface area contributed by atoms with Crippen molar-refractivity contribution in [1.82, 2.24) is 5.32 Å². The van der Waals surface area contributed by atoms with Crippen LogP contribution in [-0.4, -0.2) is 23.0 Å². The fourth-order valence-corrected chi connectivity index (χ4v) is 2.95. The normalized spacial score (nSPS) is 12.6. The van der Waals surface area contributed by atoms with E-state index < -0.39 is 12.0 Å². The van der Waals surface area contributed by atoms with Gasteiger partial charge in [0.15, 0.2) is 0 Å². The van der Waals surface area contributed by atoms with Gasteiger partial charge in [-0.05, 0) is 35.6 Å². The molecule has 0 radical (unpaired) electrons. The highest BCUT2D eigenvalue weighted by atomic mass is 32.1. The standard InChI is InChI=1S/C15H16FNO3S/c1-8(2)11(7-14(18)19)17-15(20)13-6-9-5-10(16)3-4-12(9)21-13/h3-6,8,11H,7H2,1-2H3,(H,17,20)(H,18,19). The van der Waals surface area contributed by atoms with Crippen LogP contribution in [0.1, 0.15) is 29.9 Å². The van der Waals surface area contributed by atoms with E-state index in [0.29, 0.717) is 10.3 Å². The molecule has 6 heteroatoms. The molecule has 1 aromatic carbocycles. The van der Waals surface area contributed by atoms with Crippen LogP contribution in [0, 0.1) is 11.7 Å². The summed E-state index contributed by atoms with van der Waals surface area (Å²) in [5.41, 5.74) is 0. The first-order valence-electron chi connectivity index (χ1n) is 6.58. The lowest BCUT2D eigenvalue weighted by atomic mass is 10.0. The van der Waals surface area contributed by atoms with E-state index >= 15 is 0 Å². The average Bonchev–Trinajstić information content (AvgIpc) is 2.80. The van der Waals surface area contributed by atoms with Crippen LogP contribution in [0.3, 0.4) is 0 Å². The number of halogens is 1. The minimum absolute atomic E-state index is 0.0110. The molecule has 0 aliphatic carbocycles. The second kappa shape index (κ2) is 6.22. The molecule has 1 heterocycles. The molecule has 112 valence electrons. The predicted octanol–water partition coefficient (Wildman–Crippen LogP) is 3.27. The van der Waals surface area contributed by atoms with Gasteiger partial charge in [-0.15, -0.1) is 11.3 Å². The number of rotatable bonds is 5. The molecule has 2 rings (SSSR count). The molecule has 0 aliphatic rings. The number of nitrogens with one attached hydrogen (secondary N) is 1. The maximum atomic E-state index is 13.1. The summed E-state index contributed by atoms with van der Waals surface area (Å²) in [6.07, 6.45) is -0.122. The number of fused-ring (bicyclic) bond motifs is 1. The number of carbonyl (C=O) groups excluding carboxylic acids is 1. The molecular formula is C15H16FNO3S. The van der Waals surface area contributed by atoms with Gasteiger partial charge in [0.1, 0.15) is 5.82 Å². The summed E-state index contributed by atoms with van der Waals surface area (Å²) in [5.74, 6) is -1.61. The molecule has 0 saturated heterocycles. The Hall–Kier alpha value is -1.95. The summed E-state index contributed by atoms with van der Waals surface area (Å²) in [5, 5.41) is 12.3. The van der Waals surface area contributed by atoms with Crippen molar-refractivity contribution in [2.75, 3.05) is 0 Å². The molecule has 4 nitrogen and oxygen atoms in total. The fourth-order valence-electron chi connectivity index (χ4n) is 2.01. The van der Waals surface area contributed by atoms with Crippen molar-refractivity contribution < 1.29 is 19.1 Å².